The summed E-state index contributed by atoms with van der Waals surface area (Å²) in [6.07, 6.45) is -0.258. The predicted octanol–water partition coefficient (Wildman–Crippen LogP) is 3.23. The van der Waals surface area contributed by atoms with E-state index in [2.05, 4.69) is 10.6 Å². The van der Waals surface area contributed by atoms with Gasteiger partial charge in [0.2, 0.25) is 5.91 Å². The van der Waals surface area contributed by atoms with E-state index in [9.17, 15) is 14.4 Å². The lowest BCUT2D eigenvalue weighted by Crippen LogP contribution is -2.31. The lowest BCUT2D eigenvalue weighted by Gasteiger charge is -2.15. The SMILES string of the molecule is C[C@@H](NC(=O)COC(=O)c1ccc(NC(=O)CC#N)cc1)c1ccccc1Cl. The fourth-order valence-corrected chi connectivity index (χ4v) is 2.67. The number of nitrogens with one attached hydrogen (secondary N) is 2. The second kappa shape index (κ2) is 10.1. The van der Waals surface area contributed by atoms with Gasteiger partial charge in [-0.05, 0) is 42.8 Å². The molecule has 2 amide bonds. The number of nitrogens with zero attached hydrogens (tertiary/aromatic N) is 1. The number of ether oxygens (including phenoxy) is 1. The summed E-state index contributed by atoms with van der Waals surface area (Å²) in [5.41, 5.74) is 1.44. The van der Waals surface area contributed by atoms with Crippen LogP contribution in [-0.2, 0) is 14.3 Å². The number of nitriles is 1. The van der Waals surface area contributed by atoms with E-state index in [0.29, 0.717) is 10.7 Å². The van der Waals surface area contributed by atoms with Crippen LogP contribution in [0.15, 0.2) is 48.5 Å². The van der Waals surface area contributed by atoms with Gasteiger partial charge in [-0.25, -0.2) is 4.79 Å². The van der Waals surface area contributed by atoms with E-state index < -0.39 is 24.4 Å². The Balaban J connectivity index is 1.84. The number of carbonyl (C=O) groups excluding carboxylic acids is 3. The highest BCUT2D eigenvalue weighted by Gasteiger charge is 2.15. The molecule has 1 atom stereocenters. The van der Waals surface area contributed by atoms with E-state index in [1.54, 1.807) is 31.2 Å². The lowest BCUT2D eigenvalue weighted by molar-refractivity contribution is -0.124. The maximum atomic E-state index is 12.0. The molecule has 144 valence electrons. The van der Waals surface area contributed by atoms with Crippen molar-refractivity contribution in [2.45, 2.75) is 19.4 Å². The molecule has 0 radical (unpaired) electrons. The highest BCUT2D eigenvalue weighted by Crippen LogP contribution is 2.22. The third-order valence-corrected chi connectivity index (χ3v) is 4.07. The minimum Gasteiger partial charge on any atom is -0.452 e. The zero-order valence-electron chi connectivity index (χ0n) is 15.1. The summed E-state index contributed by atoms with van der Waals surface area (Å²) in [6.45, 7) is 1.34. The number of carbonyl (C=O) groups is 3. The van der Waals surface area contributed by atoms with Crippen molar-refractivity contribution < 1.29 is 19.1 Å². The summed E-state index contributed by atoms with van der Waals surface area (Å²) in [5, 5.41) is 14.2. The normalized spacial score (nSPS) is 11.0. The fourth-order valence-electron chi connectivity index (χ4n) is 2.37. The molecule has 0 aliphatic heterocycles. The standard InChI is InChI=1S/C20H18ClN3O4/c1-13(16-4-2-3-5-17(16)21)23-19(26)12-28-20(27)14-6-8-15(9-7-14)24-18(25)10-11-22/h2-9,13H,10,12H2,1H3,(H,23,26)(H,24,25)/t13-/m1/s1. The molecule has 0 bridgehead atoms. The Morgan fingerprint density at radius 2 is 1.79 bits per heavy atom. The molecule has 2 N–H and O–H groups in total. The van der Waals surface area contributed by atoms with Crippen LogP contribution < -0.4 is 10.6 Å². The smallest absolute Gasteiger partial charge is 0.338 e. The van der Waals surface area contributed by atoms with Crippen LogP contribution in [-0.4, -0.2) is 24.4 Å². The first-order valence-corrected chi connectivity index (χ1v) is 8.76. The zero-order valence-corrected chi connectivity index (χ0v) is 15.8. The van der Waals surface area contributed by atoms with Crippen molar-refractivity contribution in [1.82, 2.24) is 5.32 Å². The van der Waals surface area contributed by atoms with Crippen LogP contribution in [0.5, 0.6) is 0 Å². The first kappa shape index (κ1) is 20.9. The Labute approximate surface area is 167 Å². The third kappa shape index (κ3) is 6.11. The van der Waals surface area contributed by atoms with E-state index in [1.165, 1.54) is 24.3 Å². The molecule has 8 heteroatoms. The minimum atomic E-state index is -0.671. The van der Waals surface area contributed by atoms with E-state index in [0.717, 1.165) is 5.56 Å². The van der Waals surface area contributed by atoms with Crippen LogP contribution in [0.3, 0.4) is 0 Å². The van der Waals surface area contributed by atoms with Gasteiger partial charge in [-0.2, -0.15) is 5.26 Å². The number of esters is 1. The monoisotopic (exact) mass is 399 g/mol. The molecule has 0 aliphatic carbocycles. The molecule has 0 unspecified atom stereocenters. The molecule has 7 nitrogen and oxygen atoms in total. The van der Waals surface area contributed by atoms with Gasteiger partial charge in [-0.15, -0.1) is 0 Å². The number of anilines is 1. The van der Waals surface area contributed by atoms with Crippen LogP contribution in [0.4, 0.5) is 5.69 Å². The molecule has 2 rings (SSSR count). The Bertz CT molecular complexity index is 906. The molecule has 2 aromatic rings. The van der Waals surface area contributed by atoms with E-state index in [-0.39, 0.29) is 18.0 Å². The van der Waals surface area contributed by atoms with Crippen molar-refractivity contribution >= 4 is 35.1 Å². The molecule has 0 aromatic heterocycles. The van der Waals surface area contributed by atoms with E-state index in [4.69, 9.17) is 21.6 Å². The van der Waals surface area contributed by atoms with Crippen molar-refractivity contribution in [3.8, 4) is 6.07 Å². The van der Waals surface area contributed by atoms with Gasteiger partial charge >= 0.3 is 5.97 Å². The van der Waals surface area contributed by atoms with Crippen molar-refractivity contribution in [1.29, 1.82) is 5.26 Å². The second-order valence-corrected chi connectivity index (χ2v) is 6.25. The van der Waals surface area contributed by atoms with Gasteiger partial charge < -0.3 is 15.4 Å². The average Bonchev–Trinajstić information content (AvgIpc) is 2.67. The van der Waals surface area contributed by atoms with Gasteiger partial charge in [0.05, 0.1) is 17.7 Å². The molecule has 0 saturated carbocycles. The Kier molecular flexibility index (Phi) is 7.55. The van der Waals surface area contributed by atoms with Gasteiger partial charge in [0.15, 0.2) is 6.61 Å². The number of hydrogen-bond donors (Lipinski definition) is 2. The Morgan fingerprint density at radius 1 is 1.11 bits per heavy atom. The predicted molar refractivity (Wildman–Crippen MR) is 104 cm³/mol. The molecule has 0 heterocycles. The third-order valence-electron chi connectivity index (χ3n) is 3.73. The quantitative estimate of drug-likeness (QED) is 0.695. The summed E-state index contributed by atoms with van der Waals surface area (Å²) < 4.78 is 5.00. The fraction of sp³-hybridized carbons (Fsp3) is 0.200. The molecular weight excluding hydrogens is 382 g/mol. The maximum Gasteiger partial charge on any atom is 0.338 e. The van der Waals surface area contributed by atoms with Crippen LogP contribution in [0, 0.1) is 11.3 Å². The first-order chi connectivity index (χ1) is 13.4. The van der Waals surface area contributed by atoms with Crippen molar-refractivity contribution in [2.75, 3.05) is 11.9 Å². The van der Waals surface area contributed by atoms with Gasteiger partial charge in [-0.3, -0.25) is 9.59 Å². The van der Waals surface area contributed by atoms with Gasteiger partial charge in [0, 0.05) is 10.7 Å². The highest BCUT2D eigenvalue weighted by molar-refractivity contribution is 6.31. The molecule has 0 spiro atoms. The molecule has 0 fully saturated rings. The van der Waals surface area contributed by atoms with Gasteiger partial charge in [-0.1, -0.05) is 29.8 Å². The maximum absolute atomic E-state index is 12.0. The minimum absolute atomic E-state index is 0.227. The summed E-state index contributed by atoms with van der Waals surface area (Å²) in [4.78, 5) is 35.4. The van der Waals surface area contributed by atoms with Crippen molar-refractivity contribution in [2.24, 2.45) is 0 Å². The van der Waals surface area contributed by atoms with Crippen molar-refractivity contribution in [3.63, 3.8) is 0 Å². The average molecular weight is 400 g/mol. The van der Waals surface area contributed by atoms with Gasteiger partial charge in [0.25, 0.3) is 5.91 Å². The van der Waals surface area contributed by atoms with Crippen molar-refractivity contribution in [3.05, 3.63) is 64.7 Å². The highest BCUT2D eigenvalue weighted by atomic mass is 35.5. The number of rotatable bonds is 7. The first-order valence-electron chi connectivity index (χ1n) is 8.38. The van der Waals surface area contributed by atoms with Crippen LogP contribution in [0.1, 0.15) is 35.3 Å². The molecular formula is C20H18ClN3O4. The zero-order chi connectivity index (χ0) is 20.5. The van der Waals surface area contributed by atoms with E-state index >= 15 is 0 Å². The largest absolute Gasteiger partial charge is 0.452 e. The number of hydrogen-bond acceptors (Lipinski definition) is 5. The number of benzene rings is 2. The van der Waals surface area contributed by atoms with E-state index in [1.807, 2.05) is 6.07 Å². The van der Waals surface area contributed by atoms with Gasteiger partial charge in [0.1, 0.15) is 6.42 Å². The number of halogens is 1. The summed E-state index contributed by atoms with van der Waals surface area (Å²) in [5.74, 6) is -1.57. The Hall–Kier alpha value is -3.37. The molecule has 28 heavy (non-hydrogen) atoms. The van der Waals surface area contributed by atoms with Crippen LogP contribution in [0.2, 0.25) is 5.02 Å². The molecule has 2 aromatic carbocycles. The second-order valence-electron chi connectivity index (χ2n) is 5.85. The van der Waals surface area contributed by atoms with Crippen LogP contribution in [0.25, 0.3) is 0 Å². The number of amides is 2. The Morgan fingerprint density at radius 3 is 2.43 bits per heavy atom. The lowest BCUT2D eigenvalue weighted by atomic mass is 10.1. The summed E-state index contributed by atoms with van der Waals surface area (Å²) >= 11 is 6.09. The summed E-state index contributed by atoms with van der Waals surface area (Å²) in [6, 6.07) is 14.5. The molecule has 0 aliphatic rings. The molecule has 0 saturated heterocycles. The van der Waals surface area contributed by atoms with Crippen LogP contribution >= 0.6 is 11.6 Å². The summed E-state index contributed by atoms with van der Waals surface area (Å²) in [7, 11) is 0. The topological polar surface area (TPSA) is 108 Å².